The summed E-state index contributed by atoms with van der Waals surface area (Å²) in [6.07, 6.45) is 1.32. The zero-order valence-corrected chi connectivity index (χ0v) is 9.31. The molecule has 0 rings (SSSR count). The standard InChI is InChI=1S/C10H16O5/c1-7(14-4)10(2,3)15-9(13)6-5-8(11)12/h5-7H,1-4H3,(H,11,12). The Hall–Kier alpha value is -1.36. The van der Waals surface area contributed by atoms with Crippen LogP contribution in [0.3, 0.4) is 0 Å². The van der Waals surface area contributed by atoms with Crippen LogP contribution in [0.5, 0.6) is 0 Å². The molecule has 86 valence electrons. The van der Waals surface area contributed by atoms with E-state index >= 15 is 0 Å². The minimum atomic E-state index is -1.19. The van der Waals surface area contributed by atoms with Crippen LogP contribution in [0.25, 0.3) is 0 Å². The molecule has 0 fully saturated rings. The SMILES string of the molecule is COC(C)C(C)(C)OC(=O)C=CC(=O)O. The smallest absolute Gasteiger partial charge is 0.331 e. The Morgan fingerprint density at radius 3 is 2.27 bits per heavy atom. The molecule has 0 saturated heterocycles. The number of methoxy groups -OCH3 is 1. The lowest BCUT2D eigenvalue weighted by Crippen LogP contribution is -2.39. The van der Waals surface area contributed by atoms with Crippen molar-refractivity contribution in [3.63, 3.8) is 0 Å². The van der Waals surface area contributed by atoms with Crippen LogP contribution in [0.4, 0.5) is 0 Å². The molecule has 0 aliphatic carbocycles. The minimum absolute atomic E-state index is 0.278. The molecule has 0 aliphatic heterocycles. The summed E-state index contributed by atoms with van der Waals surface area (Å²) in [7, 11) is 1.51. The average Bonchev–Trinajstić information content (AvgIpc) is 2.12. The molecule has 0 saturated carbocycles. The van der Waals surface area contributed by atoms with Crippen molar-refractivity contribution in [3.05, 3.63) is 12.2 Å². The van der Waals surface area contributed by atoms with Gasteiger partial charge in [0.25, 0.3) is 0 Å². The molecule has 0 aliphatic rings. The van der Waals surface area contributed by atoms with E-state index in [0.717, 1.165) is 12.2 Å². The van der Waals surface area contributed by atoms with E-state index in [0.29, 0.717) is 0 Å². The lowest BCUT2D eigenvalue weighted by Gasteiger charge is -2.29. The van der Waals surface area contributed by atoms with Crippen LogP contribution >= 0.6 is 0 Å². The molecule has 0 bridgehead atoms. The van der Waals surface area contributed by atoms with Crippen LogP contribution in [0.2, 0.25) is 0 Å². The molecule has 0 aromatic carbocycles. The summed E-state index contributed by atoms with van der Waals surface area (Å²) in [5, 5.41) is 8.30. The molecule has 0 amide bonds. The van der Waals surface area contributed by atoms with Crippen molar-refractivity contribution in [2.24, 2.45) is 0 Å². The summed E-state index contributed by atoms with van der Waals surface area (Å²) < 4.78 is 10.1. The highest BCUT2D eigenvalue weighted by atomic mass is 16.6. The van der Waals surface area contributed by atoms with Crippen molar-refractivity contribution in [2.75, 3.05) is 7.11 Å². The number of carboxylic acid groups (broad SMARTS) is 1. The summed E-state index contributed by atoms with van der Waals surface area (Å²) in [6, 6.07) is 0. The summed E-state index contributed by atoms with van der Waals surface area (Å²) >= 11 is 0. The summed E-state index contributed by atoms with van der Waals surface area (Å²) in [4.78, 5) is 21.3. The number of esters is 1. The number of aliphatic carboxylic acids is 1. The number of carboxylic acids is 1. The first kappa shape index (κ1) is 13.6. The molecular formula is C10H16O5. The van der Waals surface area contributed by atoms with E-state index in [9.17, 15) is 9.59 Å². The molecule has 0 spiro atoms. The van der Waals surface area contributed by atoms with Crippen LogP contribution in [-0.4, -0.2) is 35.9 Å². The number of hydrogen-bond donors (Lipinski definition) is 1. The monoisotopic (exact) mass is 216 g/mol. The van der Waals surface area contributed by atoms with Gasteiger partial charge in [-0.05, 0) is 20.8 Å². The first-order valence-electron chi connectivity index (χ1n) is 4.46. The van der Waals surface area contributed by atoms with Crippen LogP contribution < -0.4 is 0 Å². The summed E-state index contributed by atoms with van der Waals surface area (Å²) in [5.41, 5.74) is -0.797. The third-order valence-electron chi connectivity index (χ3n) is 2.06. The highest BCUT2D eigenvalue weighted by Crippen LogP contribution is 2.17. The molecule has 0 aromatic heterocycles. The van der Waals surface area contributed by atoms with Gasteiger partial charge in [-0.1, -0.05) is 0 Å². The lowest BCUT2D eigenvalue weighted by atomic mass is 10.0. The third-order valence-corrected chi connectivity index (χ3v) is 2.06. The van der Waals surface area contributed by atoms with E-state index in [1.807, 2.05) is 0 Å². The minimum Gasteiger partial charge on any atom is -0.478 e. The number of rotatable bonds is 5. The fraction of sp³-hybridized carbons (Fsp3) is 0.600. The third kappa shape index (κ3) is 5.17. The highest BCUT2D eigenvalue weighted by molar-refractivity contribution is 5.90. The molecule has 0 radical (unpaired) electrons. The maximum Gasteiger partial charge on any atom is 0.331 e. The summed E-state index contributed by atoms with van der Waals surface area (Å²) in [5.74, 6) is -1.89. The van der Waals surface area contributed by atoms with Gasteiger partial charge in [0.05, 0.1) is 6.10 Å². The number of hydrogen-bond acceptors (Lipinski definition) is 4. The van der Waals surface area contributed by atoms with E-state index in [4.69, 9.17) is 14.6 Å². The molecule has 5 heteroatoms. The zero-order valence-electron chi connectivity index (χ0n) is 9.31. The van der Waals surface area contributed by atoms with E-state index in [1.165, 1.54) is 7.11 Å². The van der Waals surface area contributed by atoms with Crippen molar-refractivity contribution in [3.8, 4) is 0 Å². The van der Waals surface area contributed by atoms with Crippen molar-refractivity contribution >= 4 is 11.9 Å². The van der Waals surface area contributed by atoms with Gasteiger partial charge >= 0.3 is 11.9 Å². The Morgan fingerprint density at radius 2 is 1.87 bits per heavy atom. The Balaban J connectivity index is 4.34. The largest absolute Gasteiger partial charge is 0.478 e. The average molecular weight is 216 g/mol. The van der Waals surface area contributed by atoms with Crippen LogP contribution in [0.1, 0.15) is 20.8 Å². The Kier molecular flexibility index (Phi) is 5.00. The van der Waals surface area contributed by atoms with Gasteiger partial charge in [0.1, 0.15) is 5.60 Å². The lowest BCUT2D eigenvalue weighted by molar-refractivity contribution is -0.162. The molecule has 5 nitrogen and oxygen atoms in total. The van der Waals surface area contributed by atoms with Crippen LogP contribution in [0.15, 0.2) is 12.2 Å². The van der Waals surface area contributed by atoms with E-state index in [2.05, 4.69) is 0 Å². The Labute approximate surface area is 88.7 Å². The second-order valence-electron chi connectivity index (χ2n) is 3.57. The molecule has 1 N–H and O–H groups in total. The Morgan fingerprint density at radius 1 is 1.33 bits per heavy atom. The number of carbonyl (C=O) groups excluding carboxylic acids is 1. The van der Waals surface area contributed by atoms with Gasteiger partial charge in [-0.25, -0.2) is 9.59 Å². The first-order chi connectivity index (χ1) is 6.79. The zero-order chi connectivity index (χ0) is 12.1. The topological polar surface area (TPSA) is 72.8 Å². The van der Waals surface area contributed by atoms with Gasteiger partial charge in [0, 0.05) is 19.3 Å². The number of carbonyl (C=O) groups is 2. The fourth-order valence-electron chi connectivity index (χ4n) is 0.799. The van der Waals surface area contributed by atoms with Crippen LogP contribution in [0, 0.1) is 0 Å². The second kappa shape index (κ2) is 5.50. The van der Waals surface area contributed by atoms with Gasteiger partial charge in [-0.3, -0.25) is 0 Å². The molecule has 1 atom stereocenters. The second-order valence-corrected chi connectivity index (χ2v) is 3.57. The van der Waals surface area contributed by atoms with Crippen LogP contribution in [-0.2, 0) is 19.1 Å². The quantitative estimate of drug-likeness (QED) is 0.548. The van der Waals surface area contributed by atoms with E-state index in [1.54, 1.807) is 20.8 Å². The van der Waals surface area contributed by atoms with Crippen molar-refractivity contribution < 1.29 is 24.2 Å². The molecule has 1 unspecified atom stereocenters. The molecular weight excluding hydrogens is 200 g/mol. The predicted molar refractivity (Wildman–Crippen MR) is 53.4 cm³/mol. The van der Waals surface area contributed by atoms with E-state index in [-0.39, 0.29) is 6.10 Å². The predicted octanol–water partition coefficient (Wildman–Crippen LogP) is 0.984. The Bertz CT molecular complexity index is 267. The van der Waals surface area contributed by atoms with E-state index < -0.39 is 17.5 Å². The molecule has 15 heavy (non-hydrogen) atoms. The molecule has 0 aromatic rings. The van der Waals surface area contributed by atoms with Crippen molar-refractivity contribution in [2.45, 2.75) is 32.5 Å². The number of ether oxygens (including phenoxy) is 2. The first-order valence-corrected chi connectivity index (χ1v) is 4.46. The fourth-order valence-corrected chi connectivity index (χ4v) is 0.799. The highest BCUT2D eigenvalue weighted by Gasteiger charge is 2.29. The van der Waals surface area contributed by atoms with Gasteiger partial charge < -0.3 is 14.6 Å². The van der Waals surface area contributed by atoms with Gasteiger partial charge in [-0.15, -0.1) is 0 Å². The molecule has 0 heterocycles. The summed E-state index contributed by atoms with van der Waals surface area (Å²) in [6.45, 7) is 5.13. The maximum absolute atomic E-state index is 11.2. The van der Waals surface area contributed by atoms with Gasteiger partial charge in [-0.2, -0.15) is 0 Å². The normalized spacial score (nSPS) is 13.9. The van der Waals surface area contributed by atoms with Gasteiger partial charge in [0.2, 0.25) is 0 Å². The van der Waals surface area contributed by atoms with Crippen molar-refractivity contribution in [1.29, 1.82) is 0 Å². The maximum atomic E-state index is 11.2. The van der Waals surface area contributed by atoms with Crippen molar-refractivity contribution in [1.82, 2.24) is 0 Å². The van der Waals surface area contributed by atoms with Gasteiger partial charge in [0.15, 0.2) is 0 Å².